The highest BCUT2D eigenvalue weighted by atomic mass is 16.4. The minimum atomic E-state index is -1.47. The zero-order valence-electron chi connectivity index (χ0n) is 20.1. The summed E-state index contributed by atoms with van der Waals surface area (Å²) in [6.07, 6.45) is -0.239. The Hall–Kier alpha value is -4.20. The number of likely N-dealkylation sites (tertiary alicyclic amines) is 1. The number of phenolic OH excluding ortho intramolecular Hbond substituents is 1. The summed E-state index contributed by atoms with van der Waals surface area (Å²) in [6, 6.07) is 0.779. The number of carbonyl (C=O) groups is 6. The fourth-order valence-corrected chi connectivity index (χ4v) is 3.95. The molecule has 0 spiro atoms. The molecule has 10 N–H and O–H groups in total. The van der Waals surface area contributed by atoms with E-state index >= 15 is 0 Å². The van der Waals surface area contributed by atoms with E-state index < -0.39 is 66.1 Å². The Bertz CT molecular complexity index is 1030. The summed E-state index contributed by atoms with van der Waals surface area (Å²) in [5.41, 5.74) is 16.7. The predicted molar refractivity (Wildman–Crippen MR) is 128 cm³/mol. The summed E-state index contributed by atoms with van der Waals surface area (Å²) in [4.78, 5) is 74.2. The maximum atomic E-state index is 13.2. The van der Waals surface area contributed by atoms with Gasteiger partial charge in [0.1, 0.15) is 23.9 Å². The van der Waals surface area contributed by atoms with Gasteiger partial charge in [0.2, 0.25) is 29.5 Å². The topological polar surface area (TPSA) is 248 Å². The second-order valence-corrected chi connectivity index (χ2v) is 8.80. The number of carboxylic acids is 1. The van der Waals surface area contributed by atoms with Gasteiger partial charge < -0.3 is 42.9 Å². The van der Waals surface area contributed by atoms with Crippen LogP contribution in [0.4, 0.5) is 0 Å². The lowest BCUT2D eigenvalue weighted by Gasteiger charge is -2.28. The molecule has 0 aromatic heterocycles. The normalized spacial score (nSPS) is 17.3. The Morgan fingerprint density at radius 3 is 2.16 bits per heavy atom. The largest absolute Gasteiger partial charge is 0.508 e. The highest BCUT2D eigenvalue weighted by molar-refractivity contribution is 5.96. The molecule has 1 aliphatic rings. The number of aromatic hydroxyl groups is 1. The third kappa shape index (κ3) is 8.75. The standard InChI is InChI=1S/C23H32N6O8/c24-14(7-8-18(25)31)20(33)27-15(10-12-3-5-13(30)6-4-12)21(34)28-16(11-19(26)32)22(35)29-9-1-2-17(29)23(36)37/h3-6,14-17,30H,1-2,7-11,24H2,(H2,25,31)(H2,26,32)(H,27,33)(H,28,34)(H,36,37). The van der Waals surface area contributed by atoms with Gasteiger partial charge in [-0.1, -0.05) is 12.1 Å². The average Bonchev–Trinajstić information content (AvgIpc) is 3.32. The fourth-order valence-electron chi connectivity index (χ4n) is 3.95. The minimum absolute atomic E-state index is 0.0204. The van der Waals surface area contributed by atoms with Crippen molar-refractivity contribution in [2.24, 2.45) is 17.2 Å². The molecule has 4 unspecified atom stereocenters. The van der Waals surface area contributed by atoms with Crippen LogP contribution in [-0.4, -0.2) is 81.3 Å². The van der Waals surface area contributed by atoms with Gasteiger partial charge in [-0.05, 0) is 37.0 Å². The molecule has 14 heteroatoms. The Labute approximate surface area is 212 Å². The van der Waals surface area contributed by atoms with Crippen LogP contribution in [0.5, 0.6) is 5.75 Å². The van der Waals surface area contributed by atoms with Crippen molar-refractivity contribution in [3.05, 3.63) is 29.8 Å². The van der Waals surface area contributed by atoms with Crippen molar-refractivity contribution in [2.75, 3.05) is 6.54 Å². The lowest BCUT2D eigenvalue weighted by Crippen LogP contribution is -2.58. The molecule has 0 aliphatic carbocycles. The van der Waals surface area contributed by atoms with E-state index in [9.17, 15) is 39.0 Å². The first-order valence-corrected chi connectivity index (χ1v) is 11.6. The fraction of sp³-hybridized carbons (Fsp3) is 0.478. The number of benzene rings is 1. The summed E-state index contributed by atoms with van der Waals surface area (Å²) < 4.78 is 0. The number of aliphatic carboxylic acids is 1. The van der Waals surface area contributed by atoms with Crippen molar-refractivity contribution in [1.29, 1.82) is 0 Å². The Morgan fingerprint density at radius 1 is 0.973 bits per heavy atom. The van der Waals surface area contributed by atoms with E-state index in [0.29, 0.717) is 12.0 Å². The van der Waals surface area contributed by atoms with E-state index in [2.05, 4.69) is 10.6 Å². The molecule has 2 rings (SSSR count). The number of carbonyl (C=O) groups excluding carboxylic acids is 5. The van der Waals surface area contributed by atoms with Crippen LogP contribution in [0.2, 0.25) is 0 Å². The van der Waals surface area contributed by atoms with Gasteiger partial charge >= 0.3 is 5.97 Å². The first kappa shape index (κ1) is 29.0. The van der Waals surface area contributed by atoms with Gasteiger partial charge in [0.05, 0.1) is 12.5 Å². The molecule has 1 heterocycles. The third-order valence-corrected chi connectivity index (χ3v) is 5.89. The molecule has 1 aliphatic heterocycles. The number of nitrogens with one attached hydrogen (secondary N) is 2. The number of nitrogens with two attached hydrogens (primary N) is 3. The zero-order chi connectivity index (χ0) is 27.7. The SMILES string of the molecule is NC(=O)CCC(N)C(=O)NC(Cc1ccc(O)cc1)C(=O)NC(CC(N)=O)C(=O)N1CCCC1C(=O)O. The molecule has 37 heavy (non-hydrogen) atoms. The lowest BCUT2D eigenvalue weighted by atomic mass is 10.0. The van der Waals surface area contributed by atoms with Gasteiger partial charge in [-0.3, -0.25) is 24.0 Å². The van der Waals surface area contributed by atoms with E-state index in [-0.39, 0.29) is 38.0 Å². The molecule has 4 atom stereocenters. The first-order chi connectivity index (χ1) is 17.4. The molecule has 1 saturated heterocycles. The maximum absolute atomic E-state index is 13.2. The minimum Gasteiger partial charge on any atom is -0.508 e. The van der Waals surface area contributed by atoms with Crippen LogP contribution in [0.25, 0.3) is 0 Å². The van der Waals surface area contributed by atoms with Crippen LogP contribution in [0.15, 0.2) is 24.3 Å². The van der Waals surface area contributed by atoms with Crippen molar-refractivity contribution in [3.63, 3.8) is 0 Å². The molecular formula is C23H32N6O8. The van der Waals surface area contributed by atoms with E-state index in [1.807, 2.05) is 0 Å². The molecule has 1 fully saturated rings. The number of nitrogens with zero attached hydrogens (tertiary/aromatic N) is 1. The molecule has 202 valence electrons. The highest BCUT2D eigenvalue weighted by Gasteiger charge is 2.39. The molecule has 0 bridgehead atoms. The van der Waals surface area contributed by atoms with Crippen LogP contribution in [0.1, 0.15) is 37.7 Å². The molecule has 1 aromatic carbocycles. The molecule has 5 amide bonds. The zero-order valence-corrected chi connectivity index (χ0v) is 20.1. The van der Waals surface area contributed by atoms with Crippen LogP contribution in [0.3, 0.4) is 0 Å². The van der Waals surface area contributed by atoms with E-state index in [1.54, 1.807) is 0 Å². The number of rotatable bonds is 13. The van der Waals surface area contributed by atoms with Gasteiger partial charge in [-0.15, -0.1) is 0 Å². The maximum Gasteiger partial charge on any atom is 0.326 e. The molecule has 1 aromatic rings. The van der Waals surface area contributed by atoms with Crippen molar-refractivity contribution in [2.45, 2.75) is 62.7 Å². The van der Waals surface area contributed by atoms with Gasteiger partial charge in [-0.25, -0.2) is 4.79 Å². The molecule has 0 saturated carbocycles. The number of phenols is 1. The monoisotopic (exact) mass is 520 g/mol. The molecular weight excluding hydrogens is 488 g/mol. The summed E-state index contributed by atoms with van der Waals surface area (Å²) in [6.45, 7) is 0.128. The molecule has 14 nitrogen and oxygen atoms in total. The smallest absolute Gasteiger partial charge is 0.326 e. The van der Waals surface area contributed by atoms with Gasteiger partial charge in [-0.2, -0.15) is 0 Å². The number of amides is 5. The summed E-state index contributed by atoms with van der Waals surface area (Å²) >= 11 is 0. The Kier molecular flexibility index (Phi) is 10.4. The predicted octanol–water partition coefficient (Wildman–Crippen LogP) is -2.55. The lowest BCUT2D eigenvalue weighted by molar-refractivity contribution is -0.149. The number of hydrogen-bond acceptors (Lipinski definition) is 8. The third-order valence-electron chi connectivity index (χ3n) is 5.89. The van der Waals surface area contributed by atoms with Crippen LogP contribution < -0.4 is 27.8 Å². The number of primary amides is 2. The second-order valence-electron chi connectivity index (χ2n) is 8.80. The quantitative estimate of drug-likeness (QED) is 0.144. The Morgan fingerprint density at radius 2 is 1.59 bits per heavy atom. The van der Waals surface area contributed by atoms with E-state index in [0.717, 1.165) is 4.90 Å². The molecule has 0 radical (unpaired) electrons. The van der Waals surface area contributed by atoms with Crippen LogP contribution in [-0.2, 0) is 35.2 Å². The summed E-state index contributed by atoms with van der Waals surface area (Å²) in [7, 11) is 0. The number of carboxylic acid groups (broad SMARTS) is 1. The van der Waals surface area contributed by atoms with Crippen molar-refractivity contribution < 1.29 is 39.0 Å². The van der Waals surface area contributed by atoms with Crippen molar-refractivity contribution in [3.8, 4) is 5.75 Å². The first-order valence-electron chi connectivity index (χ1n) is 11.6. The van der Waals surface area contributed by atoms with E-state index in [4.69, 9.17) is 17.2 Å². The van der Waals surface area contributed by atoms with Gasteiger partial charge in [0, 0.05) is 19.4 Å². The van der Waals surface area contributed by atoms with Gasteiger partial charge in [0.25, 0.3) is 0 Å². The average molecular weight is 521 g/mol. The van der Waals surface area contributed by atoms with Gasteiger partial charge in [0.15, 0.2) is 0 Å². The summed E-state index contributed by atoms with van der Waals surface area (Å²) in [5, 5.41) is 23.8. The van der Waals surface area contributed by atoms with Crippen molar-refractivity contribution >= 4 is 35.5 Å². The van der Waals surface area contributed by atoms with E-state index in [1.165, 1.54) is 24.3 Å². The van der Waals surface area contributed by atoms with Crippen LogP contribution >= 0.6 is 0 Å². The summed E-state index contributed by atoms with van der Waals surface area (Å²) in [5.74, 6) is -5.19. The Balaban J connectivity index is 2.24. The van der Waals surface area contributed by atoms with Crippen molar-refractivity contribution in [1.82, 2.24) is 15.5 Å². The highest BCUT2D eigenvalue weighted by Crippen LogP contribution is 2.19. The van der Waals surface area contributed by atoms with Crippen LogP contribution in [0, 0.1) is 0 Å². The second kappa shape index (κ2) is 13.2. The number of hydrogen-bond donors (Lipinski definition) is 7.